The molecular weight excluding hydrogens is 336 g/mol. The van der Waals surface area contributed by atoms with E-state index >= 15 is 0 Å². The molecule has 1 N–H and O–H groups in total. The lowest BCUT2D eigenvalue weighted by molar-refractivity contribution is -0.122. The Bertz CT molecular complexity index is 625. The van der Waals surface area contributed by atoms with Crippen LogP contribution in [0.3, 0.4) is 0 Å². The molecule has 1 saturated carbocycles. The molecule has 1 fully saturated rings. The Morgan fingerprint density at radius 3 is 2.43 bits per heavy atom. The molecule has 1 aliphatic carbocycles. The van der Waals surface area contributed by atoms with Gasteiger partial charge in [-0.2, -0.15) is 4.31 Å². The molecule has 7 heteroatoms. The lowest BCUT2D eigenvalue weighted by atomic mass is 10.2. The quantitative estimate of drug-likeness (QED) is 0.815. The molecule has 0 atom stereocenters. The van der Waals surface area contributed by atoms with E-state index in [-0.39, 0.29) is 23.4 Å². The van der Waals surface area contributed by atoms with E-state index in [1.54, 1.807) is 0 Å². The van der Waals surface area contributed by atoms with Crippen LogP contribution in [-0.4, -0.2) is 37.8 Å². The summed E-state index contributed by atoms with van der Waals surface area (Å²) in [6.45, 7) is 2.05. The van der Waals surface area contributed by atoms with E-state index in [1.165, 1.54) is 28.6 Å². The summed E-state index contributed by atoms with van der Waals surface area (Å²) in [5, 5.41) is 3.41. The fourth-order valence-corrected chi connectivity index (χ4v) is 4.41. The van der Waals surface area contributed by atoms with Crippen molar-refractivity contribution in [3.05, 3.63) is 29.3 Å². The zero-order valence-electron chi connectivity index (χ0n) is 13.3. The van der Waals surface area contributed by atoms with E-state index in [1.807, 2.05) is 6.92 Å². The average molecular weight is 359 g/mol. The van der Waals surface area contributed by atoms with Gasteiger partial charge in [0, 0.05) is 17.6 Å². The highest BCUT2D eigenvalue weighted by atomic mass is 35.5. The van der Waals surface area contributed by atoms with Crippen molar-refractivity contribution in [2.45, 2.75) is 50.0 Å². The minimum Gasteiger partial charge on any atom is -0.352 e. The topological polar surface area (TPSA) is 66.5 Å². The van der Waals surface area contributed by atoms with E-state index in [9.17, 15) is 13.2 Å². The lowest BCUT2D eigenvalue weighted by Gasteiger charge is -2.22. The van der Waals surface area contributed by atoms with Crippen molar-refractivity contribution in [3.8, 4) is 0 Å². The Hall–Kier alpha value is -1.11. The number of carbonyl (C=O) groups excluding carboxylic acids is 1. The van der Waals surface area contributed by atoms with Crippen LogP contribution in [-0.2, 0) is 14.8 Å². The minimum absolute atomic E-state index is 0.144. The normalized spacial score (nSPS) is 16.0. The monoisotopic (exact) mass is 358 g/mol. The third-order valence-electron chi connectivity index (χ3n) is 3.96. The van der Waals surface area contributed by atoms with E-state index < -0.39 is 10.0 Å². The number of halogens is 1. The predicted molar refractivity (Wildman–Crippen MR) is 90.9 cm³/mol. The third-order valence-corrected chi connectivity index (χ3v) is 6.08. The first-order chi connectivity index (χ1) is 10.9. The molecule has 23 heavy (non-hydrogen) atoms. The van der Waals surface area contributed by atoms with Gasteiger partial charge in [0.1, 0.15) is 0 Å². The van der Waals surface area contributed by atoms with Crippen LogP contribution in [0.5, 0.6) is 0 Å². The van der Waals surface area contributed by atoms with Gasteiger partial charge >= 0.3 is 0 Å². The van der Waals surface area contributed by atoms with Crippen LogP contribution in [0.15, 0.2) is 29.2 Å². The summed E-state index contributed by atoms with van der Waals surface area (Å²) in [6.07, 6.45) is 4.83. The van der Waals surface area contributed by atoms with Gasteiger partial charge in [-0.15, -0.1) is 0 Å². The van der Waals surface area contributed by atoms with Crippen molar-refractivity contribution < 1.29 is 13.2 Å². The van der Waals surface area contributed by atoms with Gasteiger partial charge in [0.25, 0.3) is 0 Å². The molecule has 1 amide bonds. The Labute approximate surface area is 143 Å². The Balaban J connectivity index is 2.09. The zero-order chi connectivity index (χ0) is 16.9. The first-order valence-corrected chi connectivity index (χ1v) is 9.80. The highest BCUT2D eigenvalue weighted by Gasteiger charge is 2.27. The van der Waals surface area contributed by atoms with Gasteiger partial charge in [0.05, 0.1) is 11.4 Å². The third kappa shape index (κ3) is 4.93. The van der Waals surface area contributed by atoms with Crippen LogP contribution in [0.25, 0.3) is 0 Å². The Kier molecular flexibility index (Phi) is 6.44. The standard InChI is InChI=1S/C16H23ClN2O3S/c1-2-11-19(12-16(20)18-14-5-3-4-6-14)23(21,22)15-9-7-13(17)8-10-15/h7-10,14H,2-6,11-12H2,1H3,(H,18,20). The first kappa shape index (κ1) is 18.2. The molecule has 5 nitrogen and oxygen atoms in total. The van der Waals surface area contributed by atoms with Crippen LogP contribution < -0.4 is 5.32 Å². The SMILES string of the molecule is CCCN(CC(=O)NC1CCCC1)S(=O)(=O)c1ccc(Cl)cc1. The molecule has 1 aliphatic rings. The molecule has 2 rings (SSSR count). The van der Waals surface area contributed by atoms with Crippen LogP contribution in [0.1, 0.15) is 39.0 Å². The molecule has 1 aromatic rings. The fourth-order valence-electron chi connectivity index (χ4n) is 2.79. The molecule has 0 radical (unpaired) electrons. The van der Waals surface area contributed by atoms with E-state index in [0.717, 1.165) is 25.7 Å². The molecule has 0 aromatic heterocycles. The largest absolute Gasteiger partial charge is 0.352 e. The van der Waals surface area contributed by atoms with Gasteiger partial charge in [-0.25, -0.2) is 8.42 Å². The van der Waals surface area contributed by atoms with Gasteiger partial charge in [-0.1, -0.05) is 31.4 Å². The van der Waals surface area contributed by atoms with Gasteiger partial charge in [0.2, 0.25) is 15.9 Å². The molecule has 0 bridgehead atoms. The van der Waals surface area contributed by atoms with Crippen molar-refractivity contribution in [3.63, 3.8) is 0 Å². The highest BCUT2D eigenvalue weighted by Crippen LogP contribution is 2.20. The second-order valence-electron chi connectivity index (χ2n) is 5.84. The first-order valence-electron chi connectivity index (χ1n) is 7.98. The molecule has 0 unspecified atom stereocenters. The van der Waals surface area contributed by atoms with Crippen molar-refractivity contribution >= 4 is 27.5 Å². The van der Waals surface area contributed by atoms with Gasteiger partial charge in [0.15, 0.2) is 0 Å². The zero-order valence-corrected chi connectivity index (χ0v) is 14.9. The number of amides is 1. The molecule has 0 spiro atoms. The highest BCUT2D eigenvalue weighted by molar-refractivity contribution is 7.89. The number of benzene rings is 1. The molecular formula is C16H23ClN2O3S. The number of rotatable bonds is 7. The van der Waals surface area contributed by atoms with Crippen molar-refractivity contribution in [2.75, 3.05) is 13.1 Å². The number of nitrogens with one attached hydrogen (secondary N) is 1. The molecule has 0 heterocycles. The second-order valence-corrected chi connectivity index (χ2v) is 8.22. The summed E-state index contributed by atoms with van der Waals surface area (Å²) in [7, 11) is -3.69. The van der Waals surface area contributed by atoms with E-state index in [2.05, 4.69) is 5.32 Å². The van der Waals surface area contributed by atoms with E-state index in [0.29, 0.717) is 18.0 Å². The minimum atomic E-state index is -3.69. The molecule has 1 aromatic carbocycles. The summed E-state index contributed by atoms with van der Waals surface area (Å²) in [6, 6.07) is 6.20. The van der Waals surface area contributed by atoms with Gasteiger partial charge in [-0.3, -0.25) is 4.79 Å². The van der Waals surface area contributed by atoms with Crippen LogP contribution in [0.2, 0.25) is 5.02 Å². The number of hydrogen-bond acceptors (Lipinski definition) is 3. The maximum absolute atomic E-state index is 12.7. The predicted octanol–water partition coefficient (Wildman–Crippen LogP) is 2.80. The van der Waals surface area contributed by atoms with Crippen LogP contribution in [0, 0.1) is 0 Å². The van der Waals surface area contributed by atoms with E-state index in [4.69, 9.17) is 11.6 Å². The van der Waals surface area contributed by atoms with Crippen LogP contribution >= 0.6 is 11.6 Å². The van der Waals surface area contributed by atoms with Crippen molar-refractivity contribution in [1.82, 2.24) is 9.62 Å². The summed E-state index contributed by atoms with van der Waals surface area (Å²) in [5.41, 5.74) is 0. The maximum Gasteiger partial charge on any atom is 0.243 e. The van der Waals surface area contributed by atoms with Crippen molar-refractivity contribution in [1.29, 1.82) is 0 Å². The van der Waals surface area contributed by atoms with Crippen molar-refractivity contribution in [2.24, 2.45) is 0 Å². The number of nitrogens with zero attached hydrogens (tertiary/aromatic N) is 1. The Morgan fingerprint density at radius 2 is 1.87 bits per heavy atom. The maximum atomic E-state index is 12.7. The number of hydrogen-bond donors (Lipinski definition) is 1. The number of sulfonamides is 1. The smallest absolute Gasteiger partial charge is 0.243 e. The molecule has 0 aliphatic heterocycles. The summed E-state index contributed by atoms with van der Waals surface area (Å²) < 4.78 is 26.7. The number of carbonyl (C=O) groups is 1. The Morgan fingerprint density at radius 1 is 1.26 bits per heavy atom. The van der Waals surface area contributed by atoms with Crippen LogP contribution in [0.4, 0.5) is 0 Å². The summed E-state index contributed by atoms with van der Waals surface area (Å²) in [5.74, 6) is -0.233. The summed E-state index contributed by atoms with van der Waals surface area (Å²) >= 11 is 5.81. The van der Waals surface area contributed by atoms with Gasteiger partial charge < -0.3 is 5.32 Å². The molecule has 128 valence electrons. The lowest BCUT2D eigenvalue weighted by Crippen LogP contribution is -2.43. The summed E-state index contributed by atoms with van der Waals surface area (Å²) in [4.78, 5) is 12.3. The average Bonchev–Trinajstić information content (AvgIpc) is 3.00. The fraction of sp³-hybridized carbons (Fsp3) is 0.562. The van der Waals surface area contributed by atoms with Gasteiger partial charge in [-0.05, 0) is 43.5 Å². The molecule has 0 saturated heterocycles. The second kappa shape index (κ2) is 8.13.